The van der Waals surface area contributed by atoms with Crippen LogP contribution in [0.1, 0.15) is 27.7 Å². The lowest BCUT2D eigenvalue weighted by molar-refractivity contribution is 0.102. The minimum atomic E-state index is -0.292. The summed E-state index contributed by atoms with van der Waals surface area (Å²) < 4.78 is 12.0. The molecule has 1 amide bonds. The van der Waals surface area contributed by atoms with Crippen molar-refractivity contribution in [1.29, 1.82) is 0 Å². The van der Waals surface area contributed by atoms with E-state index in [4.69, 9.17) is 9.47 Å². The van der Waals surface area contributed by atoms with Crippen molar-refractivity contribution in [2.75, 3.05) is 19.0 Å². The van der Waals surface area contributed by atoms with Crippen LogP contribution in [0.5, 0.6) is 5.75 Å². The van der Waals surface area contributed by atoms with Crippen LogP contribution in [0.3, 0.4) is 0 Å². The minimum absolute atomic E-state index is 0.0888. The lowest BCUT2D eigenvalue weighted by Gasteiger charge is -2.13. The van der Waals surface area contributed by atoms with Crippen LogP contribution >= 0.6 is 11.3 Å². The second kappa shape index (κ2) is 8.49. The van der Waals surface area contributed by atoms with Crippen molar-refractivity contribution in [3.63, 3.8) is 0 Å². The van der Waals surface area contributed by atoms with E-state index in [1.165, 1.54) is 11.3 Å². The molecule has 1 aliphatic rings. The van der Waals surface area contributed by atoms with Crippen molar-refractivity contribution >= 4 is 32.7 Å². The van der Waals surface area contributed by atoms with Gasteiger partial charge in [-0.15, -0.1) is 0 Å². The Balaban J connectivity index is 1.46. The standard InChI is InChI=1S/C24H20N4O3S/c1-14-10-17(16-6-3-4-7-20(16)30-2)18(13-25-14)23(29)28-24-27-22-21(32-24)11-15(12-26-22)19-8-5-9-31-19/h3-8,10-13,19H,9H2,1-2H3,(H,26,27,28,29). The molecule has 0 aliphatic carbocycles. The number of para-hydroxylation sites is 1. The van der Waals surface area contributed by atoms with Gasteiger partial charge in [0.2, 0.25) is 0 Å². The number of nitrogens with zero attached hydrogens (tertiary/aromatic N) is 3. The number of anilines is 1. The van der Waals surface area contributed by atoms with Gasteiger partial charge >= 0.3 is 0 Å². The third kappa shape index (κ3) is 3.86. The van der Waals surface area contributed by atoms with E-state index in [-0.39, 0.29) is 12.0 Å². The molecule has 1 unspecified atom stereocenters. The molecule has 8 heteroatoms. The first kappa shape index (κ1) is 20.3. The smallest absolute Gasteiger partial charge is 0.259 e. The highest BCUT2D eigenvalue weighted by atomic mass is 32.1. The number of pyridine rings is 2. The summed E-state index contributed by atoms with van der Waals surface area (Å²) in [5.41, 5.74) is 4.38. The predicted octanol–water partition coefficient (Wildman–Crippen LogP) is 4.95. The average molecular weight is 445 g/mol. The average Bonchev–Trinajstić information content (AvgIpc) is 3.48. The molecule has 0 spiro atoms. The normalized spacial score (nSPS) is 15.2. The molecule has 32 heavy (non-hydrogen) atoms. The van der Waals surface area contributed by atoms with E-state index in [2.05, 4.69) is 20.3 Å². The molecule has 0 fully saturated rings. The maximum absolute atomic E-state index is 13.2. The summed E-state index contributed by atoms with van der Waals surface area (Å²) in [6.07, 6.45) is 7.25. The molecule has 1 N–H and O–H groups in total. The van der Waals surface area contributed by atoms with Gasteiger partial charge in [0.05, 0.1) is 24.0 Å². The molecule has 0 bridgehead atoms. The Hall–Kier alpha value is -3.62. The number of hydrogen-bond donors (Lipinski definition) is 1. The monoisotopic (exact) mass is 444 g/mol. The van der Waals surface area contributed by atoms with Crippen molar-refractivity contribution in [3.05, 3.63) is 77.8 Å². The van der Waals surface area contributed by atoms with Crippen molar-refractivity contribution in [1.82, 2.24) is 15.0 Å². The zero-order valence-corrected chi connectivity index (χ0v) is 18.3. The Labute approximate surface area is 188 Å². The highest BCUT2D eigenvalue weighted by molar-refractivity contribution is 7.22. The Morgan fingerprint density at radius 1 is 1.19 bits per heavy atom. The molecule has 0 saturated carbocycles. The van der Waals surface area contributed by atoms with E-state index < -0.39 is 0 Å². The molecular formula is C24H20N4O3S. The van der Waals surface area contributed by atoms with Crippen LogP contribution in [0.15, 0.2) is 60.9 Å². The number of rotatable bonds is 5. The highest BCUT2D eigenvalue weighted by Gasteiger charge is 2.19. The van der Waals surface area contributed by atoms with E-state index >= 15 is 0 Å². The van der Waals surface area contributed by atoms with Gasteiger partial charge in [-0.1, -0.05) is 41.7 Å². The number of aromatic nitrogens is 3. The van der Waals surface area contributed by atoms with Gasteiger partial charge in [0, 0.05) is 34.8 Å². The number of carbonyl (C=O) groups is 1. The first-order valence-corrected chi connectivity index (χ1v) is 10.9. The van der Waals surface area contributed by atoms with Gasteiger partial charge in [0.25, 0.3) is 5.91 Å². The Morgan fingerprint density at radius 3 is 2.88 bits per heavy atom. The number of thiazole rings is 1. The molecule has 1 atom stereocenters. The molecule has 4 aromatic rings. The van der Waals surface area contributed by atoms with E-state index in [9.17, 15) is 4.79 Å². The van der Waals surface area contributed by atoms with Crippen molar-refractivity contribution in [3.8, 4) is 16.9 Å². The Morgan fingerprint density at radius 2 is 2.06 bits per heavy atom. The van der Waals surface area contributed by atoms with E-state index in [1.54, 1.807) is 19.5 Å². The van der Waals surface area contributed by atoms with Crippen LogP contribution in [0.4, 0.5) is 5.13 Å². The molecule has 3 aromatic heterocycles. The van der Waals surface area contributed by atoms with Crippen molar-refractivity contribution < 1.29 is 14.3 Å². The number of carbonyl (C=O) groups excluding carboxylic acids is 1. The molecule has 4 heterocycles. The van der Waals surface area contributed by atoms with Crippen molar-refractivity contribution in [2.45, 2.75) is 13.0 Å². The third-order valence-corrected chi connectivity index (χ3v) is 6.09. The van der Waals surface area contributed by atoms with Crippen molar-refractivity contribution in [2.24, 2.45) is 0 Å². The quantitative estimate of drug-likeness (QED) is 0.438. The minimum Gasteiger partial charge on any atom is -0.496 e. The SMILES string of the molecule is COc1ccccc1-c1cc(C)ncc1C(=O)Nc1nc2ncc(C3C=CCO3)cc2s1. The molecule has 0 saturated heterocycles. The second-order valence-corrected chi connectivity index (χ2v) is 8.35. The zero-order chi connectivity index (χ0) is 22.1. The van der Waals surface area contributed by atoms with Crippen LogP contribution < -0.4 is 10.1 Å². The van der Waals surface area contributed by atoms with Gasteiger partial charge in [0.1, 0.15) is 11.9 Å². The maximum atomic E-state index is 13.2. The molecule has 0 radical (unpaired) electrons. The highest BCUT2D eigenvalue weighted by Crippen LogP contribution is 2.34. The largest absolute Gasteiger partial charge is 0.496 e. The van der Waals surface area contributed by atoms with Gasteiger partial charge in [-0.3, -0.25) is 15.1 Å². The van der Waals surface area contributed by atoms with Crippen LogP contribution in [-0.4, -0.2) is 34.6 Å². The van der Waals surface area contributed by atoms with Gasteiger partial charge in [0.15, 0.2) is 10.8 Å². The summed E-state index contributed by atoms with van der Waals surface area (Å²) in [5.74, 6) is 0.395. The second-order valence-electron chi connectivity index (χ2n) is 7.32. The molecular weight excluding hydrogens is 424 g/mol. The lowest BCUT2D eigenvalue weighted by Crippen LogP contribution is -2.14. The Kier molecular flexibility index (Phi) is 5.38. The Bertz CT molecular complexity index is 1350. The first-order valence-electron chi connectivity index (χ1n) is 10.1. The summed E-state index contributed by atoms with van der Waals surface area (Å²) >= 11 is 1.38. The number of aryl methyl sites for hydroxylation is 1. The van der Waals surface area contributed by atoms with Crippen LogP contribution in [0, 0.1) is 6.92 Å². The van der Waals surface area contributed by atoms with Crippen LogP contribution in [-0.2, 0) is 4.74 Å². The van der Waals surface area contributed by atoms with Gasteiger partial charge in [-0.25, -0.2) is 4.98 Å². The van der Waals surface area contributed by atoms with Gasteiger partial charge in [-0.2, -0.15) is 4.98 Å². The van der Waals surface area contributed by atoms with E-state index in [0.29, 0.717) is 28.7 Å². The van der Waals surface area contributed by atoms with Crippen LogP contribution in [0.25, 0.3) is 21.5 Å². The number of methoxy groups -OCH3 is 1. The topological polar surface area (TPSA) is 86.2 Å². The van der Waals surface area contributed by atoms with E-state index in [0.717, 1.165) is 27.1 Å². The number of ether oxygens (including phenoxy) is 2. The van der Waals surface area contributed by atoms with Gasteiger partial charge < -0.3 is 9.47 Å². The predicted molar refractivity (Wildman–Crippen MR) is 124 cm³/mol. The fourth-order valence-corrected chi connectivity index (χ4v) is 4.51. The van der Waals surface area contributed by atoms with Gasteiger partial charge in [-0.05, 0) is 25.1 Å². The molecule has 1 aromatic carbocycles. The summed E-state index contributed by atoms with van der Waals surface area (Å²) in [4.78, 5) is 26.4. The maximum Gasteiger partial charge on any atom is 0.259 e. The number of amides is 1. The molecule has 160 valence electrons. The third-order valence-electron chi connectivity index (χ3n) is 5.18. The fraction of sp³-hybridized carbons (Fsp3) is 0.167. The number of hydrogen-bond acceptors (Lipinski definition) is 7. The molecule has 5 rings (SSSR count). The number of nitrogens with one attached hydrogen (secondary N) is 1. The summed E-state index contributed by atoms with van der Waals surface area (Å²) in [5, 5.41) is 3.38. The fourth-order valence-electron chi connectivity index (χ4n) is 3.64. The lowest BCUT2D eigenvalue weighted by atomic mass is 9.99. The summed E-state index contributed by atoms with van der Waals surface area (Å²) in [6, 6.07) is 11.5. The molecule has 1 aliphatic heterocycles. The zero-order valence-electron chi connectivity index (χ0n) is 17.5. The first-order chi connectivity index (χ1) is 15.6. The summed E-state index contributed by atoms with van der Waals surface area (Å²) in [7, 11) is 1.61. The molecule has 7 nitrogen and oxygen atoms in total. The summed E-state index contributed by atoms with van der Waals surface area (Å²) in [6.45, 7) is 2.49. The number of fused-ring (bicyclic) bond motifs is 1. The van der Waals surface area contributed by atoms with E-state index in [1.807, 2.05) is 55.5 Å². The van der Waals surface area contributed by atoms with Crippen LogP contribution in [0.2, 0.25) is 0 Å². The number of benzene rings is 1.